The molecule has 2 aromatic rings. The summed E-state index contributed by atoms with van der Waals surface area (Å²) in [4.78, 5) is 16.4. The Bertz CT molecular complexity index is 856. The lowest BCUT2D eigenvalue weighted by Crippen LogP contribution is -2.30. The predicted octanol–water partition coefficient (Wildman–Crippen LogP) is 4.78. The summed E-state index contributed by atoms with van der Waals surface area (Å²) < 4.78 is 38.3. The number of halogens is 3. The van der Waals surface area contributed by atoms with Crippen LogP contribution in [0.5, 0.6) is 0 Å². The van der Waals surface area contributed by atoms with Gasteiger partial charge < -0.3 is 10.7 Å². The molecule has 7 heteroatoms. The van der Waals surface area contributed by atoms with Crippen molar-refractivity contribution in [2.24, 2.45) is 5.73 Å². The number of rotatable bonds is 1. The molecular formula is C21H28F3N3O. The van der Waals surface area contributed by atoms with E-state index in [1.165, 1.54) is 0 Å². The average molecular weight is 395 g/mol. The standard InChI is InChI=1S/C17H16F3N3O.2C2H6/c1-23-7-6-13(21)10-4-2-3-5-11(10)16(23)12-9-22-15(8-14(12)24)17(18,19)20;2*1-2/h2-6,8-9,16H,7,21H2,1H3,(H,22,24);2*1-2H3. The molecule has 0 bridgehead atoms. The van der Waals surface area contributed by atoms with Crippen LogP contribution in [0.4, 0.5) is 13.2 Å². The molecule has 1 aliphatic rings. The Morgan fingerprint density at radius 3 is 2.29 bits per heavy atom. The summed E-state index contributed by atoms with van der Waals surface area (Å²) in [7, 11) is 1.80. The minimum absolute atomic E-state index is 0.251. The van der Waals surface area contributed by atoms with Crippen LogP contribution in [0.25, 0.3) is 5.70 Å². The molecule has 0 radical (unpaired) electrons. The van der Waals surface area contributed by atoms with Crippen molar-refractivity contribution in [2.45, 2.75) is 39.9 Å². The lowest BCUT2D eigenvalue weighted by atomic mass is 9.93. The van der Waals surface area contributed by atoms with Crippen molar-refractivity contribution in [3.8, 4) is 0 Å². The molecule has 2 heterocycles. The van der Waals surface area contributed by atoms with Crippen molar-refractivity contribution in [1.82, 2.24) is 9.88 Å². The van der Waals surface area contributed by atoms with E-state index in [2.05, 4.69) is 4.98 Å². The number of alkyl halides is 3. The van der Waals surface area contributed by atoms with E-state index in [9.17, 15) is 18.0 Å². The minimum atomic E-state index is -4.59. The Balaban J connectivity index is 0.000000921. The van der Waals surface area contributed by atoms with Crippen molar-refractivity contribution in [1.29, 1.82) is 0 Å². The highest BCUT2D eigenvalue weighted by molar-refractivity contribution is 5.68. The van der Waals surface area contributed by atoms with Gasteiger partial charge in [-0.25, -0.2) is 0 Å². The summed E-state index contributed by atoms with van der Waals surface area (Å²) in [6.45, 7) is 8.48. The number of nitrogens with two attached hydrogens (primary N) is 1. The van der Waals surface area contributed by atoms with E-state index in [0.717, 1.165) is 17.3 Å². The third-order valence-electron chi connectivity index (χ3n) is 4.15. The van der Waals surface area contributed by atoms with Crippen LogP contribution in [-0.2, 0) is 6.18 Å². The number of fused-ring (bicyclic) bond motifs is 1. The van der Waals surface area contributed by atoms with E-state index in [-0.39, 0.29) is 5.56 Å². The Morgan fingerprint density at radius 2 is 1.71 bits per heavy atom. The van der Waals surface area contributed by atoms with Crippen LogP contribution in [0.2, 0.25) is 0 Å². The number of aromatic amines is 1. The quantitative estimate of drug-likeness (QED) is 0.730. The highest BCUT2D eigenvalue weighted by atomic mass is 19.4. The lowest BCUT2D eigenvalue weighted by Gasteiger charge is -2.27. The largest absolute Gasteiger partial charge is 0.431 e. The molecule has 0 saturated carbocycles. The molecular weight excluding hydrogens is 367 g/mol. The lowest BCUT2D eigenvalue weighted by molar-refractivity contribution is -0.141. The summed E-state index contributed by atoms with van der Waals surface area (Å²) in [6.07, 6.45) is -1.61. The highest BCUT2D eigenvalue weighted by Gasteiger charge is 2.33. The summed E-state index contributed by atoms with van der Waals surface area (Å²) in [5.74, 6) is 0. The molecule has 3 rings (SSSR count). The number of H-pyrrole nitrogens is 1. The molecule has 0 spiro atoms. The number of hydrogen-bond donors (Lipinski definition) is 2. The second-order valence-corrected chi connectivity index (χ2v) is 5.75. The van der Waals surface area contributed by atoms with Crippen LogP contribution >= 0.6 is 0 Å². The molecule has 0 aliphatic carbocycles. The zero-order valence-electron chi connectivity index (χ0n) is 16.9. The molecule has 3 N–H and O–H groups in total. The van der Waals surface area contributed by atoms with Gasteiger partial charge in [0.25, 0.3) is 0 Å². The summed E-state index contributed by atoms with van der Waals surface area (Å²) >= 11 is 0. The van der Waals surface area contributed by atoms with Gasteiger partial charge in [0.2, 0.25) is 0 Å². The Morgan fingerprint density at radius 1 is 1.11 bits per heavy atom. The molecule has 1 unspecified atom stereocenters. The smallest absolute Gasteiger partial charge is 0.398 e. The molecule has 1 aliphatic heterocycles. The monoisotopic (exact) mass is 395 g/mol. The number of nitrogens with one attached hydrogen (secondary N) is 1. The van der Waals surface area contributed by atoms with Crippen LogP contribution in [0.1, 0.15) is 56.1 Å². The van der Waals surface area contributed by atoms with Gasteiger partial charge in [0, 0.05) is 35.6 Å². The van der Waals surface area contributed by atoms with Crippen LogP contribution in [0, 0.1) is 0 Å². The SMILES string of the molecule is CC.CC.CN1CC=C(N)c2ccccc2C1c1c[nH]c(C(F)(F)F)cc1=O. The van der Waals surface area contributed by atoms with Crippen molar-refractivity contribution in [2.75, 3.05) is 13.6 Å². The van der Waals surface area contributed by atoms with E-state index in [1.54, 1.807) is 7.05 Å². The van der Waals surface area contributed by atoms with E-state index in [1.807, 2.05) is 62.9 Å². The van der Waals surface area contributed by atoms with E-state index < -0.39 is 23.3 Å². The van der Waals surface area contributed by atoms with Crippen molar-refractivity contribution < 1.29 is 13.2 Å². The molecule has 1 aromatic carbocycles. The third-order valence-corrected chi connectivity index (χ3v) is 4.15. The number of pyridine rings is 1. The fourth-order valence-electron chi connectivity index (χ4n) is 2.96. The fraction of sp³-hybridized carbons (Fsp3) is 0.381. The van der Waals surface area contributed by atoms with Gasteiger partial charge in [-0.05, 0) is 18.7 Å². The summed E-state index contributed by atoms with van der Waals surface area (Å²) in [5, 5.41) is 0. The number of likely N-dealkylation sites (N-methyl/N-ethyl adjacent to an activating group) is 1. The first kappa shape index (κ1) is 23.5. The first-order chi connectivity index (χ1) is 13.3. The number of aromatic nitrogens is 1. The van der Waals surface area contributed by atoms with Gasteiger partial charge in [-0.3, -0.25) is 9.69 Å². The number of hydrogen-bond acceptors (Lipinski definition) is 3. The summed E-state index contributed by atoms with van der Waals surface area (Å²) in [6, 6.07) is 7.44. The van der Waals surface area contributed by atoms with Crippen molar-refractivity contribution in [3.63, 3.8) is 0 Å². The fourth-order valence-corrected chi connectivity index (χ4v) is 2.96. The normalized spacial score (nSPS) is 16.4. The molecule has 4 nitrogen and oxygen atoms in total. The van der Waals surface area contributed by atoms with Crippen LogP contribution in [0.3, 0.4) is 0 Å². The number of nitrogens with zero attached hydrogens (tertiary/aromatic N) is 1. The maximum Gasteiger partial charge on any atom is 0.431 e. The first-order valence-corrected chi connectivity index (χ1v) is 9.34. The van der Waals surface area contributed by atoms with Gasteiger partial charge in [-0.15, -0.1) is 0 Å². The van der Waals surface area contributed by atoms with E-state index >= 15 is 0 Å². The third kappa shape index (κ3) is 5.04. The summed E-state index contributed by atoms with van der Waals surface area (Å²) in [5.41, 5.74) is 6.76. The molecule has 1 aromatic heterocycles. The number of benzene rings is 1. The Kier molecular flexibility index (Phi) is 8.50. The molecule has 28 heavy (non-hydrogen) atoms. The van der Waals surface area contributed by atoms with Crippen LogP contribution < -0.4 is 11.2 Å². The zero-order chi connectivity index (χ0) is 21.5. The molecule has 0 fully saturated rings. The zero-order valence-corrected chi connectivity index (χ0v) is 16.9. The maximum atomic E-state index is 12.8. The van der Waals surface area contributed by atoms with Gasteiger partial charge in [-0.2, -0.15) is 13.2 Å². The maximum absolute atomic E-state index is 12.8. The van der Waals surface area contributed by atoms with Gasteiger partial charge in [-0.1, -0.05) is 52.0 Å². The first-order valence-electron chi connectivity index (χ1n) is 9.34. The molecule has 0 saturated heterocycles. The van der Waals surface area contributed by atoms with Crippen molar-refractivity contribution in [3.05, 3.63) is 75.2 Å². The second kappa shape index (κ2) is 10.1. The second-order valence-electron chi connectivity index (χ2n) is 5.75. The molecule has 1 atom stereocenters. The topological polar surface area (TPSA) is 62.1 Å². The Hall–Kier alpha value is -2.54. The molecule has 0 amide bonds. The van der Waals surface area contributed by atoms with Crippen molar-refractivity contribution >= 4 is 5.70 Å². The van der Waals surface area contributed by atoms with Crippen LogP contribution in [0.15, 0.2) is 47.4 Å². The van der Waals surface area contributed by atoms with Gasteiger partial charge in [0.15, 0.2) is 5.43 Å². The van der Waals surface area contributed by atoms with E-state index in [4.69, 9.17) is 5.73 Å². The van der Waals surface area contributed by atoms with Gasteiger partial charge >= 0.3 is 6.18 Å². The van der Waals surface area contributed by atoms with Gasteiger partial charge in [0.05, 0.1) is 6.04 Å². The van der Waals surface area contributed by atoms with Gasteiger partial charge in [0.1, 0.15) is 5.69 Å². The predicted molar refractivity (Wildman–Crippen MR) is 108 cm³/mol. The highest BCUT2D eigenvalue weighted by Crippen LogP contribution is 2.33. The Labute approximate surface area is 163 Å². The minimum Gasteiger partial charge on any atom is -0.398 e. The molecule has 154 valence electrons. The van der Waals surface area contributed by atoms with E-state index in [0.29, 0.717) is 18.3 Å². The average Bonchev–Trinajstić information content (AvgIpc) is 2.81. The van der Waals surface area contributed by atoms with Crippen LogP contribution in [-0.4, -0.2) is 23.5 Å².